The Morgan fingerprint density at radius 3 is 2.55 bits per heavy atom. The molecule has 2 N–H and O–H groups in total. The predicted molar refractivity (Wildman–Crippen MR) is 81.1 cm³/mol. The molecule has 0 saturated heterocycles. The Balaban J connectivity index is 2.63. The van der Waals surface area contributed by atoms with E-state index in [1.54, 1.807) is 39.0 Å². The molecule has 0 radical (unpaired) electrons. The number of aromatic nitrogens is 1. The summed E-state index contributed by atoms with van der Waals surface area (Å²) in [5, 5.41) is 19.6. The van der Waals surface area contributed by atoms with Crippen LogP contribution in [0.5, 0.6) is 0 Å². The zero-order valence-corrected chi connectivity index (χ0v) is 13.0. The van der Waals surface area contributed by atoms with E-state index in [0.29, 0.717) is 10.9 Å². The molecule has 0 aliphatic carbocycles. The molecule has 2 aromatic rings. The molecule has 7 heteroatoms. The van der Waals surface area contributed by atoms with Crippen molar-refractivity contribution < 1.29 is 19.6 Å². The van der Waals surface area contributed by atoms with Gasteiger partial charge in [0.25, 0.3) is 0 Å². The zero-order chi connectivity index (χ0) is 15.1. The number of nitrogens with zero attached hydrogens (tertiary/aromatic N) is 1. The van der Waals surface area contributed by atoms with Crippen LogP contribution >= 0.6 is 15.9 Å². The van der Waals surface area contributed by atoms with Gasteiger partial charge < -0.3 is 14.8 Å². The second-order valence-corrected chi connectivity index (χ2v) is 6.29. The summed E-state index contributed by atoms with van der Waals surface area (Å²) < 4.78 is 7.25. The third-order valence-electron chi connectivity index (χ3n) is 2.66. The van der Waals surface area contributed by atoms with E-state index in [4.69, 9.17) is 4.74 Å². The molecular formula is C13H15BBrNO4. The van der Waals surface area contributed by atoms with Crippen LogP contribution in [-0.4, -0.2) is 33.4 Å². The molecule has 2 rings (SSSR count). The molecule has 20 heavy (non-hydrogen) atoms. The van der Waals surface area contributed by atoms with Crippen LogP contribution in [0.3, 0.4) is 0 Å². The lowest BCUT2D eigenvalue weighted by Gasteiger charge is -2.20. The third kappa shape index (κ3) is 2.89. The SMILES string of the molecule is CC(C)(C)OC(=O)n1c(B(O)O)cc2c(Br)cccc21. The minimum Gasteiger partial charge on any atom is -0.443 e. The van der Waals surface area contributed by atoms with Crippen LogP contribution in [0.15, 0.2) is 28.7 Å². The van der Waals surface area contributed by atoms with Gasteiger partial charge in [-0.3, -0.25) is 4.57 Å². The molecule has 0 saturated carbocycles. The lowest BCUT2D eigenvalue weighted by molar-refractivity contribution is 0.0548. The minimum absolute atomic E-state index is 0.0705. The van der Waals surface area contributed by atoms with E-state index >= 15 is 0 Å². The van der Waals surface area contributed by atoms with Gasteiger partial charge in [-0.1, -0.05) is 22.0 Å². The first-order valence-corrected chi connectivity index (χ1v) is 6.89. The first kappa shape index (κ1) is 15.1. The summed E-state index contributed by atoms with van der Waals surface area (Å²) in [4.78, 5) is 12.3. The minimum atomic E-state index is -1.76. The lowest BCUT2D eigenvalue weighted by Crippen LogP contribution is -2.40. The number of hydrogen-bond donors (Lipinski definition) is 2. The van der Waals surface area contributed by atoms with Gasteiger partial charge >= 0.3 is 13.2 Å². The molecule has 0 bridgehead atoms. The van der Waals surface area contributed by atoms with Gasteiger partial charge in [-0.05, 0) is 39.0 Å². The summed E-state index contributed by atoms with van der Waals surface area (Å²) in [7, 11) is -1.76. The number of halogens is 1. The highest BCUT2D eigenvalue weighted by Gasteiger charge is 2.27. The van der Waals surface area contributed by atoms with Gasteiger partial charge in [-0.15, -0.1) is 0 Å². The van der Waals surface area contributed by atoms with E-state index in [-0.39, 0.29) is 5.59 Å². The highest BCUT2D eigenvalue weighted by Crippen LogP contribution is 2.24. The Morgan fingerprint density at radius 1 is 1.35 bits per heavy atom. The molecule has 5 nitrogen and oxygen atoms in total. The number of carbonyl (C=O) groups excluding carboxylic acids is 1. The van der Waals surface area contributed by atoms with E-state index < -0.39 is 18.8 Å². The van der Waals surface area contributed by atoms with Crippen molar-refractivity contribution in [1.29, 1.82) is 0 Å². The largest absolute Gasteiger partial charge is 0.506 e. The molecule has 0 spiro atoms. The van der Waals surface area contributed by atoms with Crippen molar-refractivity contribution in [3.05, 3.63) is 28.7 Å². The summed E-state index contributed by atoms with van der Waals surface area (Å²) >= 11 is 3.38. The highest BCUT2D eigenvalue weighted by molar-refractivity contribution is 9.10. The smallest absolute Gasteiger partial charge is 0.443 e. The van der Waals surface area contributed by atoms with Gasteiger partial charge in [-0.25, -0.2) is 4.79 Å². The molecule has 0 aliphatic rings. The number of fused-ring (bicyclic) bond motifs is 1. The van der Waals surface area contributed by atoms with Gasteiger partial charge in [0.2, 0.25) is 0 Å². The Bertz CT molecular complexity index is 660. The molecule has 0 atom stereocenters. The molecule has 0 fully saturated rings. The van der Waals surface area contributed by atoms with Crippen LogP contribution in [0.1, 0.15) is 20.8 Å². The van der Waals surface area contributed by atoms with Crippen molar-refractivity contribution in [2.75, 3.05) is 0 Å². The summed E-state index contributed by atoms with van der Waals surface area (Å²) in [5.41, 5.74) is -0.0462. The molecule has 1 aromatic carbocycles. The molecule has 0 unspecified atom stereocenters. The van der Waals surface area contributed by atoms with Crippen molar-refractivity contribution in [3.8, 4) is 0 Å². The van der Waals surface area contributed by atoms with Crippen LogP contribution < -0.4 is 5.59 Å². The number of ether oxygens (including phenoxy) is 1. The zero-order valence-electron chi connectivity index (χ0n) is 11.4. The topological polar surface area (TPSA) is 71.7 Å². The van der Waals surface area contributed by atoms with Crippen LogP contribution in [0.2, 0.25) is 0 Å². The fourth-order valence-corrected chi connectivity index (χ4v) is 2.39. The number of hydrogen-bond acceptors (Lipinski definition) is 4. The van der Waals surface area contributed by atoms with Crippen molar-refractivity contribution in [2.24, 2.45) is 0 Å². The average molecular weight is 340 g/mol. The van der Waals surface area contributed by atoms with Gasteiger partial charge in [0.15, 0.2) is 0 Å². The van der Waals surface area contributed by atoms with Gasteiger partial charge in [0.05, 0.1) is 11.1 Å². The molecular weight excluding hydrogens is 325 g/mol. The molecule has 106 valence electrons. The summed E-state index contributed by atoms with van der Waals surface area (Å²) in [6, 6.07) is 6.85. The lowest BCUT2D eigenvalue weighted by atomic mass is 9.86. The van der Waals surface area contributed by atoms with Crippen LogP contribution in [-0.2, 0) is 4.74 Å². The molecule has 0 amide bonds. The number of carbonyl (C=O) groups is 1. The van der Waals surface area contributed by atoms with Crippen molar-refractivity contribution in [3.63, 3.8) is 0 Å². The summed E-state index contributed by atoms with van der Waals surface area (Å²) in [6.07, 6.45) is -0.645. The summed E-state index contributed by atoms with van der Waals surface area (Å²) in [5.74, 6) is 0. The molecule has 1 heterocycles. The molecule has 1 aromatic heterocycles. The van der Waals surface area contributed by atoms with E-state index in [1.165, 1.54) is 4.57 Å². The van der Waals surface area contributed by atoms with Crippen LogP contribution in [0.25, 0.3) is 10.9 Å². The Labute approximate surface area is 125 Å². The van der Waals surface area contributed by atoms with Crippen LogP contribution in [0.4, 0.5) is 4.79 Å². The van der Waals surface area contributed by atoms with E-state index in [1.807, 2.05) is 6.07 Å². The highest BCUT2D eigenvalue weighted by atomic mass is 79.9. The van der Waals surface area contributed by atoms with Crippen molar-refractivity contribution in [1.82, 2.24) is 4.57 Å². The second-order valence-electron chi connectivity index (χ2n) is 5.43. The number of rotatable bonds is 1. The quantitative estimate of drug-likeness (QED) is 0.778. The van der Waals surface area contributed by atoms with E-state index in [9.17, 15) is 14.8 Å². The monoisotopic (exact) mass is 339 g/mol. The average Bonchev–Trinajstić information content (AvgIpc) is 2.67. The van der Waals surface area contributed by atoms with E-state index in [0.717, 1.165) is 4.47 Å². The Kier molecular flexibility index (Phi) is 3.95. The van der Waals surface area contributed by atoms with Crippen LogP contribution in [0, 0.1) is 0 Å². The third-order valence-corrected chi connectivity index (χ3v) is 3.35. The standard InChI is InChI=1S/C13H15BBrNO4/c1-13(2,3)20-12(17)16-10-6-4-5-9(15)8(10)7-11(16)14(18)19/h4-7,18-19H,1-3H3. The van der Waals surface area contributed by atoms with Gasteiger partial charge in [-0.2, -0.15) is 0 Å². The maximum Gasteiger partial charge on any atom is 0.506 e. The molecule has 0 aliphatic heterocycles. The van der Waals surface area contributed by atoms with Gasteiger partial charge in [0, 0.05) is 9.86 Å². The maximum absolute atomic E-state index is 12.3. The fourth-order valence-electron chi connectivity index (χ4n) is 1.92. The number of benzene rings is 1. The van der Waals surface area contributed by atoms with Crippen molar-refractivity contribution >= 4 is 45.6 Å². The van der Waals surface area contributed by atoms with E-state index in [2.05, 4.69) is 15.9 Å². The first-order valence-electron chi connectivity index (χ1n) is 6.10. The predicted octanol–water partition coefficient (Wildman–Crippen LogP) is 1.87. The van der Waals surface area contributed by atoms with Crippen molar-refractivity contribution in [2.45, 2.75) is 26.4 Å². The summed E-state index contributed by atoms with van der Waals surface area (Å²) in [6.45, 7) is 5.25. The normalized spacial score (nSPS) is 11.7. The Morgan fingerprint density at radius 2 is 2.00 bits per heavy atom. The first-order chi connectivity index (χ1) is 9.20. The fraction of sp³-hybridized carbons (Fsp3) is 0.308. The second kappa shape index (κ2) is 5.23. The maximum atomic E-state index is 12.3. The van der Waals surface area contributed by atoms with Gasteiger partial charge in [0.1, 0.15) is 5.60 Å². The Hall–Kier alpha value is -1.31.